The number of methoxy groups -OCH3 is 1. The molecule has 1 amide bonds. The maximum absolute atomic E-state index is 12.3. The van der Waals surface area contributed by atoms with E-state index in [-0.39, 0.29) is 11.9 Å². The minimum atomic E-state index is 0.129. The van der Waals surface area contributed by atoms with Crippen LogP contribution in [0.1, 0.15) is 37.1 Å². The predicted molar refractivity (Wildman–Crippen MR) is 101 cm³/mol. The van der Waals surface area contributed by atoms with Crippen LogP contribution in [0.4, 0.5) is 0 Å². The summed E-state index contributed by atoms with van der Waals surface area (Å²) in [6.45, 7) is 7.30. The number of nitrogens with zero attached hydrogens (tertiary/aromatic N) is 4. The molecule has 2 saturated heterocycles. The Balaban J connectivity index is 1.52. The van der Waals surface area contributed by atoms with E-state index in [2.05, 4.69) is 39.1 Å². The highest BCUT2D eigenvalue weighted by Crippen LogP contribution is 2.45. The lowest BCUT2D eigenvalue weighted by molar-refractivity contribution is -0.130. The summed E-state index contributed by atoms with van der Waals surface area (Å²) in [5.41, 5.74) is 1.19. The zero-order chi connectivity index (χ0) is 19.0. The Bertz CT molecular complexity index is 803. The lowest BCUT2D eigenvalue weighted by Crippen LogP contribution is -2.34. The van der Waals surface area contributed by atoms with Crippen molar-refractivity contribution in [2.24, 2.45) is 11.8 Å². The predicted octanol–water partition coefficient (Wildman–Crippen LogP) is 2.03. The highest BCUT2D eigenvalue weighted by molar-refractivity contribution is 5.74. The average molecular weight is 369 g/mol. The number of amides is 1. The Morgan fingerprint density at radius 2 is 2.04 bits per heavy atom. The van der Waals surface area contributed by atoms with Crippen LogP contribution in [0, 0.1) is 11.8 Å². The van der Waals surface area contributed by atoms with E-state index in [1.54, 1.807) is 14.0 Å². The molecule has 1 aromatic carbocycles. The fraction of sp³-hybridized carbons (Fsp3) is 0.550. The van der Waals surface area contributed by atoms with Crippen LogP contribution < -0.4 is 4.74 Å². The van der Waals surface area contributed by atoms with Crippen molar-refractivity contribution in [1.82, 2.24) is 25.0 Å². The first-order valence-corrected chi connectivity index (χ1v) is 9.62. The number of benzene rings is 1. The standard InChI is InChI=1S/C20H27N5O2/c1-4-18-21-19(23-22-18)12-24-9-15-10-25(13(2)26)20(17(15)11-24)14-5-7-16(27-3)8-6-14/h5-8,15,17,20H,4,9-12H2,1-3H3,(H,21,22,23)/t15-,17-,20+/m1/s1. The van der Waals surface area contributed by atoms with E-state index < -0.39 is 0 Å². The SMILES string of the molecule is CCc1n[nH]c(CN2C[C@@H]3CN(C(C)=O)[C@@H](c4ccc(OC)cc4)[C@@H]3C2)n1. The quantitative estimate of drug-likeness (QED) is 0.873. The van der Waals surface area contributed by atoms with Crippen LogP contribution in [-0.4, -0.2) is 57.6 Å². The van der Waals surface area contributed by atoms with Gasteiger partial charge in [0.1, 0.15) is 17.4 Å². The van der Waals surface area contributed by atoms with Gasteiger partial charge in [0.15, 0.2) is 0 Å². The van der Waals surface area contributed by atoms with Crippen LogP contribution >= 0.6 is 0 Å². The molecule has 3 heterocycles. The van der Waals surface area contributed by atoms with Gasteiger partial charge in [-0.1, -0.05) is 19.1 Å². The van der Waals surface area contributed by atoms with E-state index in [0.29, 0.717) is 11.8 Å². The molecule has 3 atom stereocenters. The number of fused-ring (bicyclic) bond motifs is 1. The molecule has 0 aliphatic carbocycles. The second-order valence-corrected chi connectivity index (χ2v) is 7.56. The van der Waals surface area contributed by atoms with Crippen molar-refractivity contribution in [1.29, 1.82) is 0 Å². The summed E-state index contributed by atoms with van der Waals surface area (Å²) in [6.07, 6.45) is 0.842. The first-order chi connectivity index (χ1) is 13.1. The molecule has 27 heavy (non-hydrogen) atoms. The number of carbonyl (C=O) groups excluding carboxylic acids is 1. The number of carbonyl (C=O) groups is 1. The van der Waals surface area contributed by atoms with E-state index in [1.807, 2.05) is 17.0 Å². The summed E-state index contributed by atoms with van der Waals surface area (Å²) in [5.74, 6) is 3.72. The van der Waals surface area contributed by atoms with Crippen LogP contribution in [0.5, 0.6) is 5.75 Å². The lowest BCUT2D eigenvalue weighted by Gasteiger charge is -2.29. The lowest BCUT2D eigenvalue weighted by atomic mass is 9.89. The number of hydrogen-bond acceptors (Lipinski definition) is 5. The second kappa shape index (κ2) is 7.31. The third-order valence-corrected chi connectivity index (χ3v) is 5.87. The van der Waals surface area contributed by atoms with Crippen molar-refractivity contribution in [3.8, 4) is 5.75 Å². The summed E-state index contributed by atoms with van der Waals surface area (Å²) in [4.78, 5) is 21.3. The second-order valence-electron chi connectivity index (χ2n) is 7.56. The van der Waals surface area contributed by atoms with Gasteiger partial charge in [-0.2, -0.15) is 5.10 Å². The summed E-state index contributed by atoms with van der Waals surface area (Å²) >= 11 is 0. The van der Waals surface area contributed by atoms with Crippen molar-refractivity contribution in [2.75, 3.05) is 26.7 Å². The van der Waals surface area contributed by atoms with Gasteiger partial charge in [-0.25, -0.2) is 4.98 Å². The molecule has 2 aliphatic heterocycles. The van der Waals surface area contributed by atoms with E-state index in [4.69, 9.17) is 4.74 Å². The third-order valence-electron chi connectivity index (χ3n) is 5.87. The van der Waals surface area contributed by atoms with Crippen molar-refractivity contribution < 1.29 is 9.53 Å². The van der Waals surface area contributed by atoms with E-state index in [0.717, 1.165) is 50.0 Å². The fourth-order valence-corrected chi connectivity index (χ4v) is 4.59. The third kappa shape index (κ3) is 3.43. The van der Waals surface area contributed by atoms with E-state index in [9.17, 15) is 4.79 Å². The number of hydrogen-bond donors (Lipinski definition) is 1. The fourth-order valence-electron chi connectivity index (χ4n) is 4.59. The number of nitrogens with one attached hydrogen (secondary N) is 1. The zero-order valence-corrected chi connectivity index (χ0v) is 16.2. The highest BCUT2D eigenvalue weighted by atomic mass is 16.5. The Morgan fingerprint density at radius 3 is 2.67 bits per heavy atom. The van der Waals surface area contributed by atoms with Gasteiger partial charge in [-0.3, -0.25) is 14.8 Å². The Kier molecular flexibility index (Phi) is 4.86. The molecular weight excluding hydrogens is 342 g/mol. The molecule has 0 radical (unpaired) electrons. The monoisotopic (exact) mass is 369 g/mol. The minimum Gasteiger partial charge on any atom is -0.497 e. The van der Waals surface area contributed by atoms with Crippen LogP contribution in [-0.2, 0) is 17.8 Å². The molecule has 7 heteroatoms. The molecule has 0 unspecified atom stereocenters. The average Bonchev–Trinajstić information content (AvgIpc) is 3.36. The number of ether oxygens (including phenoxy) is 1. The van der Waals surface area contributed by atoms with Gasteiger partial charge in [-0.05, 0) is 23.6 Å². The number of likely N-dealkylation sites (tertiary alicyclic amines) is 2. The van der Waals surface area contributed by atoms with Crippen molar-refractivity contribution in [3.05, 3.63) is 41.5 Å². The maximum atomic E-state index is 12.3. The van der Waals surface area contributed by atoms with Gasteiger partial charge in [0.05, 0.1) is 19.7 Å². The van der Waals surface area contributed by atoms with Gasteiger partial charge in [0, 0.05) is 38.9 Å². The molecule has 1 N–H and O–H groups in total. The minimum absolute atomic E-state index is 0.129. The van der Waals surface area contributed by atoms with Crippen molar-refractivity contribution in [3.63, 3.8) is 0 Å². The van der Waals surface area contributed by atoms with Gasteiger partial charge in [0.2, 0.25) is 5.91 Å². The number of aryl methyl sites for hydroxylation is 1. The summed E-state index contributed by atoms with van der Waals surface area (Å²) < 4.78 is 5.28. The van der Waals surface area contributed by atoms with Crippen LogP contribution in [0.3, 0.4) is 0 Å². The Morgan fingerprint density at radius 1 is 1.26 bits per heavy atom. The topological polar surface area (TPSA) is 74.4 Å². The van der Waals surface area contributed by atoms with Crippen LogP contribution in [0.25, 0.3) is 0 Å². The van der Waals surface area contributed by atoms with Gasteiger partial charge in [0.25, 0.3) is 0 Å². The first kappa shape index (κ1) is 18.0. The van der Waals surface area contributed by atoms with Gasteiger partial charge >= 0.3 is 0 Å². The molecule has 4 rings (SSSR count). The smallest absolute Gasteiger partial charge is 0.219 e. The molecule has 0 saturated carbocycles. The van der Waals surface area contributed by atoms with Crippen LogP contribution in [0.2, 0.25) is 0 Å². The molecule has 0 bridgehead atoms. The molecule has 7 nitrogen and oxygen atoms in total. The largest absolute Gasteiger partial charge is 0.497 e. The summed E-state index contributed by atoms with van der Waals surface area (Å²) in [7, 11) is 1.67. The van der Waals surface area contributed by atoms with E-state index in [1.165, 1.54) is 5.56 Å². The van der Waals surface area contributed by atoms with Gasteiger partial charge in [-0.15, -0.1) is 0 Å². The number of rotatable bonds is 5. The normalized spacial score (nSPS) is 25.0. The molecule has 144 valence electrons. The first-order valence-electron chi connectivity index (χ1n) is 9.62. The molecule has 2 fully saturated rings. The summed E-state index contributed by atoms with van der Waals surface area (Å²) in [6, 6.07) is 8.27. The Hall–Kier alpha value is -2.41. The number of aromatic amines is 1. The summed E-state index contributed by atoms with van der Waals surface area (Å²) in [5, 5.41) is 7.29. The highest BCUT2D eigenvalue weighted by Gasteiger charge is 2.48. The van der Waals surface area contributed by atoms with E-state index >= 15 is 0 Å². The van der Waals surface area contributed by atoms with Crippen LogP contribution in [0.15, 0.2) is 24.3 Å². The van der Waals surface area contributed by atoms with Crippen molar-refractivity contribution >= 4 is 5.91 Å². The van der Waals surface area contributed by atoms with Gasteiger partial charge < -0.3 is 9.64 Å². The molecule has 0 spiro atoms. The van der Waals surface area contributed by atoms with Crippen molar-refractivity contribution in [2.45, 2.75) is 32.9 Å². The number of aromatic nitrogens is 3. The number of H-pyrrole nitrogens is 1. The zero-order valence-electron chi connectivity index (χ0n) is 16.2. The maximum Gasteiger partial charge on any atom is 0.219 e. The Labute approximate surface area is 159 Å². The molecule has 1 aromatic heterocycles. The molecule has 2 aliphatic rings. The molecule has 2 aromatic rings. The molecular formula is C20H27N5O2.